The van der Waals surface area contributed by atoms with Crippen LogP contribution in [-0.4, -0.2) is 63.4 Å². The molecule has 14 nitrogen and oxygen atoms in total. The van der Waals surface area contributed by atoms with Crippen molar-refractivity contribution >= 4 is 35.3 Å². The van der Waals surface area contributed by atoms with Crippen LogP contribution in [0.25, 0.3) is 50.9 Å². The Bertz CT molecular complexity index is 2310. The van der Waals surface area contributed by atoms with Crippen molar-refractivity contribution in [2.75, 3.05) is 0 Å². The van der Waals surface area contributed by atoms with Crippen LogP contribution in [0.4, 0.5) is 13.2 Å². The number of aromatic carboxylic acids is 3. The summed E-state index contributed by atoms with van der Waals surface area (Å²) in [6.07, 6.45) is 7.91. The van der Waals surface area contributed by atoms with Gasteiger partial charge in [-0.25, -0.2) is 19.4 Å². The minimum Gasteiger partial charge on any atom is -0.753 e. The van der Waals surface area contributed by atoms with Crippen LogP contribution in [0.1, 0.15) is 88.0 Å². The maximum absolute atomic E-state index is 12.6. The number of aryl methyl sites for hydroxylation is 1. The van der Waals surface area contributed by atoms with Crippen molar-refractivity contribution in [1.82, 2.24) is 30.1 Å². The van der Waals surface area contributed by atoms with Crippen LogP contribution in [0.2, 0.25) is 0 Å². The molecule has 0 radical (unpaired) electrons. The SMILES string of the molecule is CCCCCCCCc1ccc(-c2ccc(-c3cc(C(F)(F)F)n[n-]3)nc2)o1.O=C(O)c1ccnc(-c2cc(C(=O)O)cc(-c3cc(C(=O)O)ccn3)n2)c1.[N-]=C=S.[Ru+2]. The smallest absolute Gasteiger partial charge is 0.753 e. The summed E-state index contributed by atoms with van der Waals surface area (Å²) >= 11 is 3.70. The van der Waals surface area contributed by atoms with Gasteiger partial charge in [0.25, 0.3) is 0 Å². The summed E-state index contributed by atoms with van der Waals surface area (Å²) in [6, 6.07) is 15.8. The Hall–Kier alpha value is -6.29. The number of carboxylic acid groups (broad SMARTS) is 3. The van der Waals surface area contributed by atoms with Crippen molar-refractivity contribution in [2.45, 2.75) is 58.0 Å². The Balaban J connectivity index is 0.000000291. The molecule has 6 aromatic rings. The number of carbonyl (C=O) groups is 3. The van der Waals surface area contributed by atoms with Gasteiger partial charge < -0.3 is 35.3 Å². The fourth-order valence-electron chi connectivity index (χ4n) is 5.32. The van der Waals surface area contributed by atoms with E-state index >= 15 is 0 Å². The standard InChI is InChI=1S/C21H23F3N3O.C18H11N3O6.CNS.Ru/c1-2-3-4-5-6-7-8-16-10-12-19(28-16)15-9-11-17(25-14-15)18-13-20(27-26-18)21(22,23)24;22-16(23)9-1-3-19-12(5-9)14-7-11(18(26)27)8-15(21-14)13-6-10(17(24)25)2-4-20-13;2-1-3;/h9-14H,2-8H2,1H3;1-8H,(H,22,23)(H,24,25)(H,26,27);;/q-1;;-1;+2. The fourth-order valence-corrected chi connectivity index (χ4v) is 5.32. The maximum atomic E-state index is 12.6. The molecule has 0 bridgehead atoms. The Kier molecular flexibility index (Phi) is 18.0. The van der Waals surface area contributed by atoms with Crippen molar-refractivity contribution in [3.05, 3.63) is 119 Å². The molecule has 0 aliphatic carbocycles. The summed E-state index contributed by atoms with van der Waals surface area (Å²) in [5, 5.41) is 42.8. The van der Waals surface area contributed by atoms with Crippen molar-refractivity contribution < 1.29 is 66.8 Å². The third-order valence-corrected chi connectivity index (χ3v) is 8.19. The number of thiocarbonyl (C=S) groups is 1. The topological polar surface area (TPSA) is 226 Å². The van der Waals surface area contributed by atoms with Gasteiger partial charge in [-0.2, -0.15) is 18.3 Å². The molecule has 6 aromatic heterocycles. The van der Waals surface area contributed by atoms with Gasteiger partial charge in [-0.3, -0.25) is 15.0 Å². The molecule has 0 saturated heterocycles. The molecule has 0 aliphatic heterocycles. The summed E-state index contributed by atoms with van der Waals surface area (Å²) in [7, 11) is 0. The first-order valence-electron chi connectivity index (χ1n) is 17.5. The Labute approximate surface area is 353 Å². The molecule has 0 fully saturated rings. The Morgan fingerprint density at radius 1 is 0.746 bits per heavy atom. The number of furan rings is 1. The number of rotatable bonds is 14. The van der Waals surface area contributed by atoms with Gasteiger partial charge >= 0.3 is 43.6 Å². The molecular weight excluding hydrogens is 881 g/mol. The fraction of sp³-hybridized carbons (Fsp3) is 0.225. The van der Waals surface area contributed by atoms with E-state index in [-0.39, 0.29) is 64.6 Å². The van der Waals surface area contributed by atoms with Gasteiger partial charge in [0.05, 0.1) is 39.5 Å². The van der Waals surface area contributed by atoms with Gasteiger partial charge in [-0.05, 0) is 73.2 Å². The van der Waals surface area contributed by atoms with E-state index in [9.17, 15) is 32.7 Å². The van der Waals surface area contributed by atoms with Gasteiger partial charge in [0.15, 0.2) is 0 Å². The predicted molar refractivity (Wildman–Crippen MR) is 208 cm³/mol. The summed E-state index contributed by atoms with van der Waals surface area (Å²) in [5.74, 6) is -1.92. The Morgan fingerprint density at radius 2 is 1.29 bits per heavy atom. The zero-order chi connectivity index (χ0) is 42.2. The average molecular weight is 915 g/mol. The van der Waals surface area contributed by atoms with Crippen molar-refractivity contribution in [2.24, 2.45) is 0 Å². The van der Waals surface area contributed by atoms with Gasteiger partial charge in [0.2, 0.25) is 0 Å². The molecule has 0 atom stereocenters. The number of carboxylic acids is 3. The first-order valence-corrected chi connectivity index (χ1v) is 17.9. The number of alkyl halides is 3. The number of isothiocyanates is 1. The minimum absolute atomic E-state index is 0. The summed E-state index contributed by atoms with van der Waals surface area (Å²) in [5.41, 5.74) is 0.568. The van der Waals surface area contributed by atoms with Gasteiger partial charge in [-0.15, -0.1) is 0 Å². The normalized spacial score (nSPS) is 10.5. The van der Waals surface area contributed by atoms with E-state index in [4.69, 9.17) is 20.0 Å². The van der Waals surface area contributed by atoms with Gasteiger partial charge in [0, 0.05) is 36.3 Å². The van der Waals surface area contributed by atoms with Crippen LogP contribution in [0, 0.1) is 0 Å². The predicted octanol–water partition coefficient (Wildman–Crippen LogP) is 9.24. The van der Waals surface area contributed by atoms with Gasteiger partial charge in [0.1, 0.15) is 17.2 Å². The van der Waals surface area contributed by atoms with Gasteiger partial charge in [-0.1, -0.05) is 56.9 Å². The molecule has 19 heteroatoms. The molecule has 6 rings (SSSR count). The van der Waals surface area contributed by atoms with Crippen LogP contribution in [-0.2, 0) is 32.1 Å². The van der Waals surface area contributed by atoms with E-state index in [1.807, 2.05) is 12.1 Å². The summed E-state index contributed by atoms with van der Waals surface area (Å²) < 4.78 is 43.8. The molecule has 0 aromatic carbocycles. The van der Waals surface area contributed by atoms with Crippen LogP contribution in [0.3, 0.4) is 0 Å². The van der Waals surface area contributed by atoms with E-state index in [2.05, 4.69) is 49.3 Å². The van der Waals surface area contributed by atoms with Crippen LogP contribution in [0.5, 0.6) is 0 Å². The minimum atomic E-state index is -4.51. The second kappa shape index (κ2) is 22.6. The van der Waals surface area contributed by atoms with Crippen molar-refractivity contribution in [3.63, 3.8) is 0 Å². The van der Waals surface area contributed by atoms with E-state index in [1.165, 1.54) is 86.1 Å². The van der Waals surface area contributed by atoms with Crippen LogP contribution >= 0.6 is 12.2 Å². The second-order valence-corrected chi connectivity index (χ2v) is 12.5. The second-order valence-electron chi connectivity index (χ2n) is 12.3. The zero-order valence-corrected chi connectivity index (χ0v) is 33.6. The number of aromatic nitrogens is 6. The number of hydrogen-bond acceptors (Lipinski definition) is 10. The van der Waals surface area contributed by atoms with Crippen molar-refractivity contribution in [1.29, 1.82) is 0 Å². The van der Waals surface area contributed by atoms with E-state index < -0.39 is 29.8 Å². The molecule has 6 heterocycles. The molecular formula is C40H34F3N7O7RuS. The molecule has 306 valence electrons. The number of nitrogens with zero attached hydrogens (tertiary/aromatic N) is 7. The number of pyridine rings is 4. The molecule has 0 amide bonds. The monoisotopic (exact) mass is 915 g/mol. The largest absolute Gasteiger partial charge is 2.00 e. The number of unbranched alkanes of at least 4 members (excludes halogenated alkanes) is 5. The summed E-state index contributed by atoms with van der Waals surface area (Å²) in [6.45, 7) is 2.21. The summed E-state index contributed by atoms with van der Waals surface area (Å²) in [4.78, 5) is 50.3. The molecule has 0 saturated carbocycles. The maximum Gasteiger partial charge on any atom is 2.00 e. The molecule has 0 aliphatic rings. The molecule has 3 N–H and O–H groups in total. The quantitative estimate of drug-likeness (QED) is 0.0401. The Morgan fingerprint density at radius 3 is 1.78 bits per heavy atom. The first-order chi connectivity index (χ1) is 27.7. The molecule has 0 unspecified atom stereocenters. The zero-order valence-electron chi connectivity index (χ0n) is 31.0. The third-order valence-electron chi connectivity index (χ3n) is 8.19. The van der Waals surface area contributed by atoms with E-state index in [0.29, 0.717) is 11.5 Å². The molecule has 0 spiro atoms. The number of hydrogen-bond donors (Lipinski definition) is 3. The molecule has 59 heavy (non-hydrogen) atoms. The number of halogens is 3. The first kappa shape index (κ1) is 47.1. The van der Waals surface area contributed by atoms with Crippen LogP contribution in [0.15, 0.2) is 89.7 Å². The average Bonchev–Trinajstić information content (AvgIpc) is 3.91. The van der Waals surface area contributed by atoms with Crippen molar-refractivity contribution in [3.8, 4) is 45.5 Å². The van der Waals surface area contributed by atoms with Crippen LogP contribution < -0.4 is 5.10 Å². The third kappa shape index (κ3) is 14.0. The van der Waals surface area contributed by atoms with E-state index in [1.54, 1.807) is 18.3 Å². The van der Waals surface area contributed by atoms with E-state index in [0.717, 1.165) is 30.2 Å².